The van der Waals surface area contributed by atoms with Gasteiger partial charge in [-0.1, -0.05) is 99.6 Å². The molecule has 32 nitrogen and oxygen atoms in total. The van der Waals surface area contributed by atoms with Gasteiger partial charge in [0.15, 0.2) is 37.2 Å². The number of rotatable bonds is 30. The van der Waals surface area contributed by atoms with Crippen LogP contribution < -0.4 is 23.7 Å². The smallest absolute Gasteiger partial charge is 0.310 e. The Kier molecular flexibility index (Phi) is 27.2. The summed E-state index contributed by atoms with van der Waals surface area (Å²) in [6.07, 6.45) is 22.7. The van der Waals surface area contributed by atoms with Crippen molar-refractivity contribution in [2.75, 3.05) is 0 Å². The number of carbonyl (C=O) groups excluding carboxylic acids is 5. The van der Waals surface area contributed by atoms with Gasteiger partial charge in [-0.2, -0.15) is 13.8 Å². The zero-order chi connectivity index (χ0) is 102. The maximum absolute atomic E-state index is 14.7. The Morgan fingerprint density at radius 1 is 0.341 bits per heavy atom. The van der Waals surface area contributed by atoms with Crippen molar-refractivity contribution in [2.45, 2.75) is 132 Å². The molecule has 0 aliphatic carbocycles. The Hall–Kier alpha value is -16.2. The van der Waals surface area contributed by atoms with E-state index >= 15 is 0 Å². The molecule has 664 valence electrons. The molecule has 0 bridgehead atoms. The van der Waals surface area contributed by atoms with Crippen LogP contribution in [0.4, 0.5) is 17.6 Å². The summed E-state index contributed by atoms with van der Waals surface area (Å²) in [6.45, 7) is 6.56. The highest BCUT2D eigenvalue weighted by atomic mass is 19.1. The van der Waals surface area contributed by atoms with E-state index in [2.05, 4.69) is 59.8 Å². The van der Waals surface area contributed by atoms with Crippen LogP contribution >= 0.6 is 0 Å². The fourth-order valence-corrected chi connectivity index (χ4v) is 12.2. The topological polar surface area (TPSA) is 412 Å². The van der Waals surface area contributed by atoms with Gasteiger partial charge in [0.05, 0.1) is 58.2 Å². The van der Waals surface area contributed by atoms with Gasteiger partial charge < -0.3 is 49.2 Å². The summed E-state index contributed by atoms with van der Waals surface area (Å²) in [5, 5.41) is 48.9. The van der Waals surface area contributed by atoms with E-state index in [1.807, 2.05) is 69.2 Å². The maximum Gasteiger partial charge on any atom is 0.310 e. The molecule has 0 saturated carbocycles. The third-order valence-corrected chi connectivity index (χ3v) is 18.2. The number of halogens is 4. The molecule has 0 aliphatic rings. The van der Waals surface area contributed by atoms with E-state index < -0.39 is 73.5 Å². The van der Waals surface area contributed by atoms with Crippen LogP contribution in [0.5, 0.6) is 57.5 Å². The van der Waals surface area contributed by atoms with Crippen molar-refractivity contribution in [3.05, 3.63) is 317 Å². The summed E-state index contributed by atoms with van der Waals surface area (Å²) in [5.41, 5.74) is -1.68. The normalized spacial score (nSPS) is 12.6. The van der Waals surface area contributed by atoms with Crippen LogP contribution in [0.15, 0.2) is 208 Å². The van der Waals surface area contributed by atoms with Gasteiger partial charge in [-0.3, -0.25) is 46.8 Å². The van der Waals surface area contributed by atoms with E-state index in [1.165, 1.54) is 154 Å². The molecule has 129 heavy (non-hydrogen) atoms. The lowest BCUT2D eigenvalue weighted by Crippen LogP contribution is -2.11. The molecule has 0 amide bonds. The summed E-state index contributed by atoms with van der Waals surface area (Å²) >= 11 is 0. The van der Waals surface area contributed by atoms with Gasteiger partial charge in [0.25, 0.3) is 0 Å². The minimum atomic E-state index is -2.70. The van der Waals surface area contributed by atoms with Crippen molar-refractivity contribution in [3.63, 3.8) is 0 Å². The summed E-state index contributed by atoms with van der Waals surface area (Å²) in [4.78, 5) is 105. The Balaban J connectivity index is 0.000000166. The molecule has 0 spiro atoms. The highest BCUT2D eigenvalue weighted by molar-refractivity contribution is 5.86. The first-order valence-electron chi connectivity index (χ1n) is 44.1. The first kappa shape index (κ1) is 80.0. The molecular weight excluding hydrogens is 1670 g/mol. The number of pyridine rings is 3. The van der Waals surface area contributed by atoms with Crippen LogP contribution in [0.3, 0.4) is 0 Å². The van der Waals surface area contributed by atoms with Crippen molar-refractivity contribution in [1.29, 1.82) is 0 Å². The Labute approximate surface area is 750 Å². The lowest BCUT2D eigenvalue weighted by molar-refractivity contribution is 0.110. The first-order valence-corrected chi connectivity index (χ1v) is 39.1. The van der Waals surface area contributed by atoms with E-state index in [0.29, 0.717) is 54.3 Å². The quantitative estimate of drug-likeness (QED) is 0.0121. The Morgan fingerprint density at radius 2 is 0.698 bits per heavy atom. The minimum Gasteiger partial charge on any atom is -0.507 e. The largest absolute Gasteiger partial charge is 0.507 e. The van der Waals surface area contributed by atoms with Crippen molar-refractivity contribution in [3.8, 4) is 86.6 Å². The van der Waals surface area contributed by atoms with Crippen molar-refractivity contribution >= 4 is 31.4 Å². The predicted octanol–water partition coefficient (Wildman–Crippen LogP) is 16.8. The van der Waals surface area contributed by atoms with E-state index in [1.54, 1.807) is 46.3 Å². The number of aromatic nitrogens is 17. The van der Waals surface area contributed by atoms with E-state index in [4.69, 9.17) is 37.4 Å². The van der Waals surface area contributed by atoms with Gasteiger partial charge >= 0.3 is 6.08 Å². The average Bonchev–Trinajstić information content (AvgIpc) is 1.76. The van der Waals surface area contributed by atoms with Gasteiger partial charge in [0.1, 0.15) is 161 Å². The molecule has 0 radical (unpaired) electrons. The SMILES string of the molecule is [2H]C([2H])(Oc1cc(F)cc(O)c1C=O)c1cccnc1-n1ccnc1C(C)C.[2H]C([2H])(Oc1cccc(O)c1C=O)c1c(F)ccnc1-n1ccnc1C(C)C.[2H]C([2H])(Oc1cccc(O)c1C=O)c1ccc(F)nc1-n1ccnc1C(C)C.[2H]C([2H])(Oc1cccc(O)c1C=O)c1cnc(F)nc1-n1ccnc1C(C)C.[2H]C([2H])(Oc1cccc(O)c1C=O)c1cncnc1-n1ccnc1C(C)C. The number of ether oxygens (including phenoxy) is 5. The van der Waals surface area contributed by atoms with Crippen LogP contribution in [-0.4, -0.2) is 140 Å². The molecule has 0 atom stereocenters. The molecule has 10 aromatic heterocycles. The number of hydrogen-bond donors (Lipinski definition) is 5. The fraction of sp³-hybridized carbons (Fsp3) is 0.215. The average molecular weight is 1770 g/mol. The third kappa shape index (κ3) is 22.9. The van der Waals surface area contributed by atoms with Crippen LogP contribution in [0, 0.1) is 23.7 Å². The van der Waals surface area contributed by atoms with Gasteiger partial charge in [-0.05, 0) is 72.8 Å². The highest BCUT2D eigenvalue weighted by Crippen LogP contribution is 2.35. The number of aldehydes is 5. The number of phenolic OH excluding ortho intramolecular Hbond substituents is 5. The number of imidazole rings is 5. The Morgan fingerprint density at radius 3 is 1.12 bits per heavy atom. The number of aromatic hydroxyl groups is 5. The molecule has 0 aliphatic heterocycles. The maximum atomic E-state index is 14.7. The molecule has 5 N–H and O–H groups in total. The van der Waals surface area contributed by atoms with Gasteiger partial charge in [0.2, 0.25) is 5.95 Å². The molecule has 5 aromatic carbocycles. The summed E-state index contributed by atoms with van der Waals surface area (Å²) in [7, 11) is 0. The lowest BCUT2D eigenvalue weighted by atomic mass is 10.2. The fourth-order valence-electron chi connectivity index (χ4n) is 12.2. The minimum absolute atomic E-state index is 0.0148. The van der Waals surface area contributed by atoms with Crippen LogP contribution in [0.1, 0.15) is 221 Å². The van der Waals surface area contributed by atoms with Crippen molar-refractivity contribution in [1.82, 2.24) is 82.6 Å². The van der Waals surface area contributed by atoms with Gasteiger partial charge in [0, 0.05) is 140 Å². The zero-order valence-corrected chi connectivity index (χ0v) is 70.3. The third-order valence-electron chi connectivity index (χ3n) is 18.2. The Bertz CT molecular complexity index is 6720. The summed E-state index contributed by atoms with van der Waals surface area (Å²) in [6, 6.07) is 24.1. The van der Waals surface area contributed by atoms with E-state index in [0.717, 1.165) is 30.5 Å². The van der Waals surface area contributed by atoms with Gasteiger partial charge in [-0.15, -0.1) is 0 Å². The van der Waals surface area contributed by atoms with Crippen molar-refractivity contribution < 1.29 is 104 Å². The number of nitrogens with zero attached hydrogens (tertiary/aromatic N) is 17. The van der Waals surface area contributed by atoms with Gasteiger partial charge in [-0.25, -0.2) is 63.6 Å². The molecule has 10 heterocycles. The standard InChI is InChI=1S/3C19H18FN3O3.C18H17FN4O3.C18H18N4O3/c1-12(2)18-22-6-7-23(18)19-13(4-3-5-21-19)11-26-17-9-14(20)8-16(25)15(17)10-24;1-12(2)18-22-8-9-23(18)19-14(15(20)6-7-21-19)11-26-17-5-3-4-16(25)13(17)10-24;1-12(2)18-21-8-9-23(18)19-13(6-7-17(20)22-19)11-26-16-5-3-4-15(25)14(16)10-24;1-11(2)16-20-6-7-23(16)17-12(8-21-18(19)22-17)10-26-15-5-3-4-14(25)13(15)9-24;1-12(2)17-20-6-7-22(17)18-13(8-19-11-21-18)10-25-16-5-3-4-15(24)14(16)9-23/h3*3-10,12,25H,11H2,1-2H3;3-9,11,25H,10H2,1-2H3;3-9,11-12,24H,10H2,1-2H3/i3*11D2;2*10D2. The molecule has 0 fully saturated rings. The van der Waals surface area contributed by atoms with Crippen molar-refractivity contribution in [2.24, 2.45) is 0 Å². The number of benzene rings is 5. The predicted molar refractivity (Wildman–Crippen MR) is 462 cm³/mol. The second kappa shape index (κ2) is 43.9. The van der Waals surface area contributed by atoms with E-state index in [9.17, 15) is 67.1 Å². The van der Waals surface area contributed by atoms with Crippen LogP contribution in [-0.2, 0) is 32.8 Å². The van der Waals surface area contributed by atoms with E-state index in [-0.39, 0.29) is 161 Å². The summed E-state index contributed by atoms with van der Waals surface area (Å²) in [5.74, 6) is -2.00. The van der Waals surface area contributed by atoms with Crippen LogP contribution in [0.2, 0.25) is 0 Å². The molecule has 15 rings (SSSR count). The number of phenols is 5. The molecule has 15 aromatic rings. The second-order valence-electron chi connectivity index (χ2n) is 28.8. The lowest BCUT2D eigenvalue weighted by Gasteiger charge is -2.15. The molecule has 36 heteroatoms. The van der Waals surface area contributed by atoms with Crippen LogP contribution in [0.25, 0.3) is 29.1 Å². The number of carbonyl (C=O) groups is 5. The second-order valence-corrected chi connectivity index (χ2v) is 28.8. The first-order chi connectivity index (χ1) is 65.8. The molecular formula is C93H89F4N17O15. The number of hydrogen-bond acceptors (Lipinski definition) is 27. The highest BCUT2D eigenvalue weighted by Gasteiger charge is 2.25. The zero-order valence-electron chi connectivity index (χ0n) is 80.3. The monoisotopic (exact) mass is 1770 g/mol. The summed E-state index contributed by atoms with van der Waals surface area (Å²) < 4.78 is 174. The molecule has 0 unspecified atom stereocenters. The molecule has 0 saturated heterocycles.